The molecular weight excluding hydrogens is 350 g/mol. The van der Waals surface area contributed by atoms with E-state index in [2.05, 4.69) is 33.3 Å². The van der Waals surface area contributed by atoms with Crippen molar-refractivity contribution in [3.8, 4) is 0 Å². The fourth-order valence-corrected chi connectivity index (χ4v) is 0. The van der Waals surface area contributed by atoms with Crippen molar-refractivity contribution in [1.82, 2.24) is 0 Å². The second kappa shape index (κ2) is 844. The Kier molecular flexibility index (Phi) is 3830. The van der Waals surface area contributed by atoms with Gasteiger partial charge in [-0.15, -0.1) is 0 Å². The zero-order chi connectivity index (χ0) is 12.0. The van der Waals surface area contributed by atoms with Crippen LogP contribution in [-0.2, 0) is 44.3 Å². The minimum Gasteiger partial charge on any atom is 0 e. The second-order valence-electron chi connectivity index (χ2n) is 0. The van der Waals surface area contributed by atoms with Crippen molar-refractivity contribution in [3.05, 3.63) is 39.8 Å². The molecule has 0 unspecified atom stereocenters. The van der Waals surface area contributed by atoms with E-state index in [1.165, 1.54) is 0 Å². The van der Waals surface area contributed by atoms with Crippen LogP contribution in [0.2, 0.25) is 0 Å². The van der Waals surface area contributed by atoms with Crippen LogP contribution in [0.5, 0.6) is 0 Å². The first-order valence-corrected chi connectivity index (χ1v) is 1.24. The molecule has 0 saturated carbocycles. The summed E-state index contributed by atoms with van der Waals surface area (Å²) in [6.45, 7) is 27.2. The van der Waals surface area contributed by atoms with E-state index in [4.69, 9.17) is 35.1 Å². The average molecular weight is 350 g/mol. The van der Waals surface area contributed by atoms with Gasteiger partial charge in [-0.1, -0.05) is 0 Å². The second-order valence-corrected chi connectivity index (χ2v) is 0. The van der Waals surface area contributed by atoms with Crippen LogP contribution in [0.25, 0.3) is 0 Å². The van der Waals surface area contributed by atoms with Gasteiger partial charge in [0, 0.05) is 21.1 Å². The largest absolute Gasteiger partial charge is 0 e. The van der Waals surface area contributed by atoms with Gasteiger partial charge in [0.1, 0.15) is 0 Å². The van der Waals surface area contributed by atoms with E-state index < -0.39 is 0 Å². The molecule has 7 heteroatoms. The first-order chi connectivity index (χ1) is 6.00. The Balaban J connectivity index is -0.00000000655. The Morgan fingerprint density at radius 1 is 0.462 bits per heavy atom. The summed E-state index contributed by atoms with van der Waals surface area (Å²) in [6, 6.07) is 0. The summed E-state index contributed by atoms with van der Waals surface area (Å²) in [6.07, 6.45) is 0. The minimum absolute atomic E-state index is 0. The standard InChI is InChI=1S/CN.5CO.W/c6*1-2;/q-1;;;;;;. The van der Waals surface area contributed by atoms with Gasteiger partial charge in [-0.2, -0.15) is 0 Å². The van der Waals surface area contributed by atoms with Gasteiger partial charge in [-0.25, -0.2) is 0 Å². The average Bonchev–Trinajstić information content (AvgIpc) is 2.33. The van der Waals surface area contributed by atoms with Crippen LogP contribution >= 0.6 is 0 Å². The van der Waals surface area contributed by atoms with Crippen LogP contribution in [0.4, 0.5) is 0 Å². The van der Waals surface area contributed by atoms with Gasteiger partial charge < -0.3 is 11.8 Å². The van der Waals surface area contributed by atoms with Gasteiger partial charge in [-0.05, 0) is 0 Å². The summed E-state index contributed by atoms with van der Waals surface area (Å²) in [7, 11) is 0. The SMILES string of the molecule is [C-]#N.[C-]#[O+].[C-]#[O+].[C-]#[O+].[C-]#[O+].[C-]#[O+].[W]. The molecule has 0 spiro atoms. The first kappa shape index (κ1) is 59.1. The molecule has 6 nitrogen and oxygen atoms in total. The van der Waals surface area contributed by atoms with Gasteiger partial charge in [0.05, 0.1) is 0 Å². The molecule has 0 aliphatic carbocycles. The van der Waals surface area contributed by atoms with Gasteiger partial charge in [-0.3, -0.25) is 0 Å². The number of nitrogens with zero attached hydrogens (tertiary/aromatic N) is 1. The van der Waals surface area contributed by atoms with E-state index in [0.29, 0.717) is 0 Å². The van der Waals surface area contributed by atoms with Gasteiger partial charge >= 0.3 is 56.5 Å². The van der Waals surface area contributed by atoms with Gasteiger partial charge in [0.15, 0.2) is 0 Å². The van der Waals surface area contributed by atoms with Crippen LogP contribution in [0.15, 0.2) is 0 Å². The molecule has 0 heterocycles. The predicted octanol–water partition coefficient (Wildman–Crippen LogP) is -0.0937. The summed E-state index contributed by atoms with van der Waals surface area (Å²) in [5.74, 6) is 0. The zero-order valence-corrected chi connectivity index (χ0v) is 8.83. The first-order valence-electron chi connectivity index (χ1n) is 1.24. The number of rotatable bonds is 0. The molecule has 0 rings (SSSR count). The molecule has 0 saturated heterocycles. The van der Waals surface area contributed by atoms with Crippen LogP contribution in [0.3, 0.4) is 0 Å². The van der Waals surface area contributed by atoms with Gasteiger partial charge in [0.25, 0.3) is 0 Å². The third kappa shape index (κ3) is 682. The summed E-state index contributed by atoms with van der Waals surface area (Å²) in [5.41, 5.74) is 0. The van der Waals surface area contributed by atoms with Crippen molar-refractivity contribution in [2.75, 3.05) is 0 Å². The third-order valence-electron chi connectivity index (χ3n) is 0. The van der Waals surface area contributed by atoms with Crippen LogP contribution in [-0.4, -0.2) is 0 Å². The van der Waals surface area contributed by atoms with Crippen molar-refractivity contribution < 1.29 is 44.3 Å². The molecule has 0 aliphatic heterocycles. The molecule has 0 N–H and O–H groups in total. The van der Waals surface area contributed by atoms with E-state index in [0.717, 1.165) is 0 Å². The van der Waals surface area contributed by atoms with E-state index in [1.54, 1.807) is 0 Å². The van der Waals surface area contributed by atoms with E-state index >= 15 is 0 Å². The molecule has 13 heavy (non-hydrogen) atoms. The van der Waals surface area contributed by atoms with Crippen molar-refractivity contribution >= 4 is 0 Å². The molecule has 0 aromatic rings. The molecule has 0 bridgehead atoms. The molecular formula is C6NO5W-. The van der Waals surface area contributed by atoms with Crippen molar-refractivity contribution in [2.45, 2.75) is 0 Å². The Labute approximate surface area is 89.8 Å². The Hall–Kier alpha value is -1.12. The Bertz CT molecular complexity index is 96.0. The van der Waals surface area contributed by atoms with Gasteiger partial charge in [0.2, 0.25) is 0 Å². The molecule has 0 aromatic heterocycles. The summed E-state index contributed by atoms with van der Waals surface area (Å²) >= 11 is 0. The molecule has 0 fully saturated rings. The molecule has 66 valence electrons. The van der Waals surface area contributed by atoms with E-state index in [-0.39, 0.29) is 21.1 Å². The molecule has 0 atom stereocenters. The number of hydrogen-bond acceptors (Lipinski definition) is 1. The Morgan fingerprint density at radius 3 is 0.462 bits per heavy atom. The zero-order valence-electron chi connectivity index (χ0n) is 5.90. The summed E-state index contributed by atoms with van der Waals surface area (Å²) in [4.78, 5) is 0. The monoisotopic (exact) mass is 350 g/mol. The van der Waals surface area contributed by atoms with Crippen LogP contribution in [0, 0.1) is 45.1 Å². The van der Waals surface area contributed by atoms with Crippen molar-refractivity contribution in [3.63, 3.8) is 0 Å². The van der Waals surface area contributed by atoms with E-state index in [9.17, 15) is 0 Å². The minimum atomic E-state index is 0. The maximum absolute atomic E-state index is 7.50. The molecule has 0 aromatic carbocycles. The third-order valence-corrected chi connectivity index (χ3v) is 0. The van der Waals surface area contributed by atoms with Crippen LogP contribution < -0.4 is 0 Å². The van der Waals surface area contributed by atoms with Crippen LogP contribution in [0.1, 0.15) is 0 Å². The maximum atomic E-state index is 7.50. The normalized spacial score (nSPS) is 0.923. The van der Waals surface area contributed by atoms with Crippen molar-refractivity contribution in [2.24, 2.45) is 0 Å². The van der Waals surface area contributed by atoms with Crippen molar-refractivity contribution in [1.29, 1.82) is 5.26 Å². The number of hydrogen-bond donors (Lipinski definition) is 0. The smallest absolute Gasteiger partial charge is 0 e. The molecule has 0 radical (unpaired) electrons. The fraction of sp³-hybridized carbons (Fsp3) is 0. The predicted molar refractivity (Wildman–Crippen MR) is 24.6 cm³/mol. The quantitative estimate of drug-likeness (QED) is 0.440. The maximum Gasteiger partial charge on any atom is 0 e. The van der Waals surface area contributed by atoms with E-state index in [1.807, 2.05) is 0 Å². The summed E-state index contributed by atoms with van der Waals surface area (Å²) in [5, 5.41) is 6.25. The fourth-order valence-electron chi connectivity index (χ4n) is 0. The molecule has 0 aliphatic rings. The Morgan fingerprint density at radius 2 is 0.462 bits per heavy atom. The topological polar surface area (TPSA) is 123 Å². The summed E-state index contributed by atoms with van der Waals surface area (Å²) < 4.78 is 37.5. The molecule has 0 amide bonds.